The number of aromatic carboxylic acids is 1. The van der Waals surface area contributed by atoms with Crippen LogP contribution in [0.25, 0.3) is 5.78 Å². The van der Waals surface area contributed by atoms with E-state index in [1.165, 1.54) is 12.4 Å². The number of imidazole rings is 1. The molecule has 0 aliphatic carbocycles. The van der Waals surface area contributed by atoms with Crippen molar-refractivity contribution < 1.29 is 9.90 Å². The molecule has 13 heavy (non-hydrogen) atoms. The summed E-state index contributed by atoms with van der Waals surface area (Å²) in [5, 5.41) is 8.67. The number of hydrogen-bond donors (Lipinski definition) is 1. The lowest BCUT2D eigenvalue weighted by molar-refractivity contribution is 0.0696. The van der Waals surface area contributed by atoms with Gasteiger partial charge in [-0.05, 0) is 15.9 Å². The Hall–Kier alpha value is -1.43. The topological polar surface area (TPSA) is 67.5 Å². The molecule has 2 aromatic heterocycles. The van der Waals surface area contributed by atoms with Crippen LogP contribution < -0.4 is 0 Å². The highest BCUT2D eigenvalue weighted by Gasteiger charge is 2.05. The number of aromatic nitrogens is 3. The fraction of sp³-hybridized carbons (Fsp3) is 0. The summed E-state index contributed by atoms with van der Waals surface area (Å²) in [6.07, 6.45) is 4.38. The van der Waals surface area contributed by atoms with Crippen molar-refractivity contribution >= 4 is 27.7 Å². The molecular formula is C7H4BrN3O2. The number of rotatable bonds is 1. The number of fused-ring (bicyclic) bond motifs is 1. The second-order valence-electron chi connectivity index (χ2n) is 2.42. The fourth-order valence-corrected chi connectivity index (χ4v) is 1.35. The lowest BCUT2D eigenvalue weighted by atomic mass is 10.3. The van der Waals surface area contributed by atoms with Crippen molar-refractivity contribution in [3.05, 3.63) is 28.8 Å². The van der Waals surface area contributed by atoms with Crippen LogP contribution in [-0.2, 0) is 0 Å². The minimum Gasteiger partial charge on any atom is -0.478 e. The van der Waals surface area contributed by atoms with Gasteiger partial charge in [0.15, 0.2) is 0 Å². The van der Waals surface area contributed by atoms with Crippen LogP contribution in [-0.4, -0.2) is 25.4 Å². The fourth-order valence-electron chi connectivity index (χ4n) is 0.966. The molecule has 0 spiro atoms. The van der Waals surface area contributed by atoms with Crippen molar-refractivity contribution in [2.45, 2.75) is 0 Å². The molecular weight excluding hydrogens is 238 g/mol. The van der Waals surface area contributed by atoms with Crippen molar-refractivity contribution in [3.8, 4) is 0 Å². The third-order valence-corrected chi connectivity index (χ3v) is 1.91. The van der Waals surface area contributed by atoms with Gasteiger partial charge in [0.1, 0.15) is 4.60 Å². The monoisotopic (exact) mass is 241 g/mol. The van der Waals surface area contributed by atoms with Gasteiger partial charge in [0.05, 0.1) is 5.56 Å². The molecule has 0 radical (unpaired) electrons. The van der Waals surface area contributed by atoms with Crippen molar-refractivity contribution in [2.75, 3.05) is 0 Å². The molecule has 2 heterocycles. The van der Waals surface area contributed by atoms with Gasteiger partial charge in [-0.2, -0.15) is 0 Å². The molecule has 0 bridgehead atoms. The summed E-state index contributed by atoms with van der Waals surface area (Å²) in [6.45, 7) is 0. The van der Waals surface area contributed by atoms with Crippen molar-refractivity contribution in [2.24, 2.45) is 0 Å². The molecule has 2 aromatic rings. The normalized spacial score (nSPS) is 10.5. The third kappa shape index (κ3) is 1.40. The predicted octanol–water partition coefficient (Wildman–Crippen LogP) is 1.19. The van der Waals surface area contributed by atoms with Crippen molar-refractivity contribution in [3.63, 3.8) is 0 Å². The van der Waals surface area contributed by atoms with E-state index in [9.17, 15) is 4.79 Å². The Morgan fingerprint density at radius 1 is 1.54 bits per heavy atom. The molecule has 0 unspecified atom stereocenters. The van der Waals surface area contributed by atoms with Crippen LogP contribution in [0.5, 0.6) is 0 Å². The van der Waals surface area contributed by atoms with E-state index < -0.39 is 5.97 Å². The van der Waals surface area contributed by atoms with Gasteiger partial charge in [0, 0.05) is 18.6 Å². The summed E-state index contributed by atoms with van der Waals surface area (Å²) in [4.78, 5) is 18.4. The Bertz CT molecular complexity index is 480. The standard InChI is InChI=1S/C7H4BrN3O2/c8-5-3-11-2-4(6(12)13)1-9-7(11)10-5/h1-3H,(H,12,13). The lowest BCUT2D eigenvalue weighted by Gasteiger charge is -1.94. The Morgan fingerprint density at radius 2 is 2.31 bits per heavy atom. The van der Waals surface area contributed by atoms with Gasteiger partial charge >= 0.3 is 5.97 Å². The first kappa shape index (κ1) is 8.18. The molecule has 1 N–H and O–H groups in total. The zero-order valence-electron chi connectivity index (χ0n) is 6.31. The van der Waals surface area contributed by atoms with Crippen molar-refractivity contribution in [1.82, 2.24) is 14.4 Å². The first-order valence-electron chi connectivity index (χ1n) is 3.40. The molecule has 66 valence electrons. The Balaban J connectivity index is 2.67. The average Bonchev–Trinajstić information content (AvgIpc) is 2.42. The first-order valence-corrected chi connectivity index (χ1v) is 4.19. The van der Waals surface area contributed by atoms with E-state index in [-0.39, 0.29) is 5.56 Å². The summed E-state index contributed by atoms with van der Waals surface area (Å²) in [7, 11) is 0. The first-order chi connectivity index (χ1) is 6.16. The molecule has 5 nitrogen and oxygen atoms in total. The summed E-state index contributed by atoms with van der Waals surface area (Å²) in [6, 6.07) is 0. The van der Waals surface area contributed by atoms with Gasteiger partial charge in [-0.3, -0.25) is 4.40 Å². The van der Waals surface area contributed by atoms with E-state index in [4.69, 9.17) is 5.11 Å². The number of carboxylic acid groups (broad SMARTS) is 1. The van der Waals surface area contributed by atoms with Crippen LogP contribution in [0, 0.1) is 0 Å². The van der Waals surface area contributed by atoms with Gasteiger partial charge in [0.2, 0.25) is 5.78 Å². The number of hydrogen-bond acceptors (Lipinski definition) is 3. The summed E-state index contributed by atoms with van der Waals surface area (Å²) < 4.78 is 2.18. The zero-order valence-corrected chi connectivity index (χ0v) is 7.89. The molecule has 0 amide bonds. The largest absolute Gasteiger partial charge is 0.478 e. The van der Waals surface area contributed by atoms with Gasteiger partial charge < -0.3 is 5.11 Å². The maximum atomic E-state index is 10.6. The van der Waals surface area contributed by atoms with Crippen LogP contribution in [0.4, 0.5) is 0 Å². The highest BCUT2D eigenvalue weighted by molar-refractivity contribution is 9.10. The molecule has 0 saturated carbocycles. The van der Waals surface area contributed by atoms with Crippen LogP contribution >= 0.6 is 15.9 Å². The van der Waals surface area contributed by atoms with Crippen LogP contribution in [0.1, 0.15) is 10.4 Å². The van der Waals surface area contributed by atoms with E-state index >= 15 is 0 Å². The molecule has 0 atom stereocenters. The summed E-state index contributed by atoms with van der Waals surface area (Å²) in [5.41, 5.74) is 0.136. The SMILES string of the molecule is O=C(O)c1cnc2nc(Br)cn2c1. The van der Waals surface area contributed by atoms with E-state index in [1.54, 1.807) is 10.6 Å². The Morgan fingerprint density at radius 3 is 3.00 bits per heavy atom. The van der Waals surface area contributed by atoms with E-state index in [2.05, 4.69) is 25.9 Å². The summed E-state index contributed by atoms with van der Waals surface area (Å²) >= 11 is 3.17. The molecule has 2 rings (SSSR count). The molecule has 0 aliphatic rings. The molecule has 0 saturated heterocycles. The van der Waals surface area contributed by atoms with Crippen LogP contribution in [0.2, 0.25) is 0 Å². The Kier molecular flexibility index (Phi) is 1.77. The van der Waals surface area contributed by atoms with E-state index in [0.717, 1.165) is 0 Å². The van der Waals surface area contributed by atoms with Crippen LogP contribution in [0.15, 0.2) is 23.2 Å². The third-order valence-electron chi connectivity index (χ3n) is 1.53. The smallest absolute Gasteiger partial charge is 0.338 e. The van der Waals surface area contributed by atoms with Crippen LogP contribution in [0.3, 0.4) is 0 Å². The van der Waals surface area contributed by atoms with Gasteiger partial charge in [-0.1, -0.05) is 0 Å². The van der Waals surface area contributed by atoms with Crippen molar-refractivity contribution in [1.29, 1.82) is 0 Å². The number of carbonyl (C=O) groups is 1. The highest BCUT2D eigenvalue weighted by Crippen LogP contribution is 2.09. The molecule has 0 fully saturated rings. The van der Waals surface area contributed by atoms with Gasteiger partial charge in [-0.25, -0.2) is 14.8 Å². The average molecular weight is 242 g/mol. The molecule has 6 heteroatoms. The number of carboxylic acids is 1. The van der Waals surface area contributed by atoms with E-state index in [1.807, 2.05) is 0 Å². The maximum absolute atomic E-state index is 10.6. The second-order valence-corrected chi connectivity index (χ2v) is 3.23. The minimum absolute atomic E-state index is 0.136. The predicted molar refractivity (Wildman–Crippen MR) is 47.6 cm³/mol. The number of halogens is 1. The Labute approximate surface area is 81.2 Å². The molecule has 0 aliphatic heterocycles. The van der Waals surface area contributed by atoms with E-state index in [0.29, 0.717) is 10.4 Å². The quantitative estimate of drug-likeness (QED) is 0.815. The maximum Gasteiger partial charge on any atom is 0.338 e. The molecule has 0 aromatic carbocycles. The van der Waals surface area contributed by atoms with Gasteiger partial charge in [-0.15, -0.1) is 0 Å². The zero-order chi connectivity index (χ0) is 9.42. The highest BCUT2D eigenvalue weighted by atomic mass is 79.9. The van der Waals surface area contributed by atoms with Gasteiger partial charge in [0.25, 0.3) is 0 Å². The minimum atomic E-state index is -1.00. The summed E-state index contributed by atoms with van der Waals surface area (Å²) in [5.74, 6) is -0.531. The lowest BCUT2D eigenvalue weighted by Crippen LogP contribution is -1.99. The number of nitrogens with zero attached hydrogens (tertiary/aromatic N) is 3. The second kappa shape index (κ2) is 2.81.